The Kier molecular flexibility index (Phi) is 4.40. The van der Waals surface area contributed by atoms with Gasteiger partial charge in [0, 0.05) is 0 Å². The Bertz CT molecular complexity index is 1320. The number of hydrogen-bond acceptors (Lipinski definition) is 6. The first-order valence-electron chi connectivity index (χ1n) is 8.39. The van der Waals surface area contributed by atoms with Crippen molar-refractivity contribution in [2.75, 3.05) is 7.11 Å². The van der Waals surface area contributed by atoms with E-state index in [1.165, 1.54) is 19.4 Å². The summed E-state index contributed by atoms with van der Waals surface area (Å²) in [6, 6.07) is 12.5. The number of nitrogens with one attached hydrogen (secondary N) is 1. The topological polar surface area (TPSA) is 90.1 Å². The number of carbonyl (C=O) groups is 1. The van der Waals surface area contributed by atoms with Crippen LogP contribution in [0.1, 0.15) is 15.9 Å². The van der Waals surface area contributed by atoms with Gasteiger partial charge in [-0.3, -0.25) is 14.3 Å². The van der Waals surface area contributed by atoms with Gasteiger partial charge in [-0.1, -0.05) is 12.1 Å². The molecule has 1 N–H and O–H groups in total. The lowest BCUT2D eigenvalue weighted by Gasteiger charge is -2.13. The van der Waals surface area contributed by atoms with Crippen molar-refractivity contribution < 1.29 is 13.9 Å². The first-order chi connectivity index (χ1) is 13.5. The van der Waals surface area contributed by atoms with Crippen molar-refractivity contribution in [2.45, 2.75) is 6.92 Å². The van der Waals surface area contributed by atoms with Crippen LogP contribution in [0.2, 0.25) is 0 Å². The second kappa shape index (κ2) is 6.90. The van der Waals surface area contributed by atoms with E-state index in [0.29, 0.717) is 17.1 Å². The number of fused-ring (bicyclic) bond motifs is 1. The number of H-pyrrole nitrogens is 1. The maximum Gasteiger partial charge on any atom is 0.338 e. The van der Waals surface area contributed by atoms with Crippen molar-refractivity contribution in [3.05, 3.63) is 75.0 Å². The second-order valence-electron chi connectivity index (χ2n) is 6.16. The monoisotopic (exact) mass is 393 g/mol. The molecule has 4 rings (SSSR count). The molecule has 7 nitrogen and oxygen atoms in total. The Morgan fingerprint density at radius 1 is 1.25 bits per heavy atom. The van der Waals surface area contributed by atoms with E-state index in [4.69, 9.17) is 21.4 Å². The molecule has 3 heterocycles. The van der Waals surface area contributed by atoms with E-state index in [9.17, 15) is 9.59 Å². The molecular weight excluding hydrogens is 378 g/mol. The zero-order chi connectivity index (χ0) is 19.8. The number of aryl methyl sites for hydroxylation is 1. The van der Waals surface area contributed by atoms with Gasteiger partial charge in [0.05, 0.1) is 30.0 Å². The number of nitrogens with zero attached hydrogens (tertiary/aromatic N) is 2. The minimum absolute atomic E-state index is 0.0801. The highest BCUT2D eigenvalue weighted by Crippen LogP contribution is 2.26. The molecule has 0 fully saturated rings. The smallest absolute Gasteiger partial charge is 0.338 e. The zero-order valence-electron chi connectivity index (χ0n) is 15.1. The Morgan fingerprint density at radius 2 is 2.07 bits per heavy atom. The summed E-state index contributed by atoms with van der Waals surface area (Å²) >= 11 is 5.40. The van der Waals surface area contributed by atoms with Gasteiger partial charge in [0.25, 0.3) is 5.56 Å². The number of benzene rings is 1. The standard InChI is InChI=1S/C20H15N3O4S/c1-11-5-3-6-12(9-11)23-17-16(18(24)22-20(23)28)13(19(25)26-2)10-14(21-17)15-7-4-8-27-15/h3-10H,1-2H3,(H,22,24,28). The molecule has 3 aromatic heterocycles. The first kappa shape index (κ1) is 17.9. The number of pyridine rings is 1. The fraction of sp³-hybridized carbons (Fsp3) is 0.100. The molecule has 0 saturated carbocycles. The van der Waals surface area contributed by atoms with E-state index in [-0.39, 0.29) is 21.4 Å². The van der Waals surface area contributed by atoms with Crippen LogP contribution >= 0.6 is 12.2 Å². The quantitative estimate of drug-likeness (QED) is 0.421. The number of aromatic nitrogens is 3. The molecule has 4 aromatic rings. The van der Waals surface area contributed by atoms with Gasteiger partial charge in [0.1, 0.15) is 5.69 Å². The first-order valence-corrected chi connectivity index (χ1v) is 8.79. The average Bonchev–Trinajstić information content (AvgIpc) is 3.21. The van der Waals surface area contributed by atoms with E-state index in [1.807, 2.05) is 31.2 Å². The van der Waals surface area contributed by atoms with Crippen LogP contribution in [0.15, 0.2) is 57.9 Å². The lowest BCUT2D eigenvalue weighted by molar-refractivity contribution is 0.0603. The molecule has 0 unspecified atom stereocenters. The third-order valence-electron chi connectivity index (χ3n) is 4.30. The fourth-order valence-electron chi connectivity index (χ4n) is 3.06. The van der Waals surface area contributed by atoms with Crippen LogP contribution in [-0.4, -0.2) is 27.6 Å². The van der Waals surface area contributed by atoms with Gasteiger partial charge in [-0.2, -0.15) is 0 Å². The van der Waals surface area contributed by atoms with Crippen molar-refractivity contribution in [1.29, 1.82) is 0 Å². The van der Waals surface area contributed by atoms with Crippen LogP contribution in [0.3, 0.4) is 0 Å². The maximum atomic E-state index is 12.7. The fourth-order valence-corrected chi connectivity index (χ4v) is 3.34. The summed E-state index contributed by atoms with van der Waals surface area (Å²) in [5.74, 6) is -0.201. The molecule has 28 heavy (non-hydrogen) atoms. The Hall–Kier alpha value is -3.52. The number of rotatable bonds is 3. The molecule has 0 saturated heterocycles. The number of ether oxygens (including phenoxy) is 1. The Balaban J connectivity index is 2.19. The van der Waals surface area contributed by atoms with Gasteiger partial charge in [-0.15, -0.1) is 0 Å². The normalized spacial score (nSPS) is 10.9. The molecule has 0 bridgehead atoms. The molecule has 0 aliphatic carbocycles. The highest BCUT2D eigenvalue weighted by Gasteiger charge is 2.21. The molecule has 1 aromatic carbocycles. The van der Waals surface area contributed by atoms with E-state index < -0.39 is 11.5 Å². The number of esters is 1. The summed E-state index contributed by atoms with van der Waals surface area (Å²) in [7, 11) is 1.26. The molecule has 0 atom stereocenters. The van der Waals surface area contributed by atoms with Crippen LogP contribution in [-0.2, 0) is 4.74 Å². The highest BCUT2D eigenvalue weighted by atomic mass is 32.1. The van der Waals surface area contributed by atoms with Crippen LogP contribution in [0.5, 0.6) is 0 Å². The summed E-state index contributed by atoms with van der Waals surface area (Å²) in [6.45, 7) is 1.95. The van der Waals surface area contributed by atoms with Crippen LogP contribution < -0.4 is 5.56 Å². The molecule has 0 aliphatic heterocycles. The van der Waals surface area contributed by atoms with Crippen molar-refractivity contribution in [2.24, 2.45) is 0 Å². The van der Waals surface area contributed by atoms with Gasteiger partial charge >= 0.3 is 5.97 Å². The van der Waals surface area contributed by atoms with E-state index >= 15 is 0 Å². The van der Waals surface area contributed by atoms with E-state index in [2.05, 4.69) is 9.97 Å². The number of furan rings is 1. The lowest BCUT2D eigenvalue weighted by Crippen LogP contribution is -2.19. The highest BCUT2D eigenvalue weighted by molar-refractivity contribution is 7.71. The van der Waals surface area contributed by atoms with E-state index in [0.717, 1.165) is 5.56 Å². The Morgan fingerprint density at radius 3 is 2.75 bits per heavy atom. The SMILES string of the molecule is COC(=O)c1cc(-c2ccco2)nc2c1c(=O)[nH]c(=S)n2-c1cccc(C)c1. The molecule has 0 radical (unpaired) electrons. The number of aromatic amines is 1. The van der Waals surface area contributed by atoms with Gasteiger partial charge < -0.3 is 9.15 Å². The molecule has 0 amide bonds. The average molecular weight is 393 g/mol. The van der Waals surface area contributed by atoms with Crippen molar-refractivity contribution in [3.63, 3.8) is 0 Å². The summed E-state index contributed by atoms with van der Waals surface area (Å²) in [5.41, 5.74) is 1.92. The lowest BCUT2D eigenvalue weighted by atomic mass is 10.1. The van der Waals surface area contributed by atoms with Gasteiger partial charge in [-0.25, -0.2) is 9.78 Å². The molecule has 8 heteroatoms. The summed E-state index contributed by atoms with van der Waals surface area (Å²) < 4.78 is 12.1. The molecule has 0 spiro atoms. The largest absolute Gasteiger partial charge is 0.465 e. The molecule has 140 valence electrons. The van der Waals surface area contributed by atoms with Crippen LogP contribution in [0, 0.1) is 11.7 Å². The zero-order valence-corrected chi connectivity index (χ0v) is 15.9. The van der Waals surface area contributed by atoms with Gasteiger partial charge in [0.15, 0.2) is 16.2 Å². The second-order valence-corrected chi connectivity index (χ2v) is 6.54. The minimum atomic E-state index is -0.654. The van der Waals surface area contributed by atoms with Crippen LogP contribution in [0.4, 0.5) is 0 Å². The predicted molar refractivity (Wildman–Crippen MR) is 106 cm³/mol. The van der Waals surface area contributed by atoms with Crippen LogP contribution in [0.25, 0.3) is 28.2 Å². The summed E-state index contributed by atoms with van der Waals surface area (Å²) in [6.07, 6.45) is 1.50. The van der Waals surface area contributed by atoms with Crippen molar-refractivity contribution in [3.8, 4) is 17.1 Å². The Labute approximate surface area is 164 Å². The van der Waals surface area contributed by atoms with E-state index in [1.54, 1.807) is 16.7 Å². The number of methoxy groups -OCH3 is 1. The summed E-state index contributed by atoms with van der Waals surface area (Å²) in [5, 5.41) is 0.0947. The molecular formula is C20H15N3O4S. The minimum Gasteiger partial charge on any atom is -0.465 e. The third-order valence-corrected chi connectivity index (χ3v) is 4.59. The molecule has 0 aliphatic rings. The maximum absolute atomic E-state index is 12.7. The summed E-state index contributed by atoms with van der Waals surface area (Å²) in [4.78, 5) is 32.3. The van der Waals surface area contributed by atoms with Gasteiger partial charge in [0.2, 0.25) is 0 Å². The predicted octanol–water partition coefficient (Wildman–Crippen LogP) is 3.80. The number of carbonyl (C=O) groups excluding carboxylic acids is 1. The van der Waals surface area contributed by atoms with Crippen molar-refractivity contribution >= 4 is 29.2 Å². The third kappa shape index (κ3) is 2.93. The number of hydrogen-bond donors (Lipinski definition) is 1. The van der Waals surface area contributed by atoms with Crippen molar-refractivity contribution in [1.82, 2.24) is 14.5 Å². The van der Waals surface area contributed by atoms with Gasteiger partial charge in [-0.05, 0) is 55.0 Å².